The third-order valence-corrected chi connectivity index (χ3v) is 3.80. The summed E-state index contributed by atoms with van der Waals surface area (Å²) in [6.07, 6.45) is 0. The summed E-state index contributed by atoms with van der Waals surface area (Å²) in [5.41, 5.74) is 7.73. The topological polar surface area (TPSA) is 76.5 Å². The van der Waals surface area contributed by atoms with Crippen molar-refractivity contribution in [1.82, 2.24) is 0 Å². The Morgan fingerprint density at radius 3 is 2.73 bits per heavy atom. The Bertz CT molecular complexity index is 1030. The molecule has 0 bridgehead atoms. The van der Waals surface area contributed by atoms with Crippen LogP contribution in [0.2, 0.25) is 5.02 Å². The molecule has 4 nitrogen and oxygen atoms in total. The summed E-state index contributed by atoms with van der Waals surface area (Å²) in [4.78, 5) is 12.2. The van der Waals surface area contributed by atoms with Gasteiger partial charge in [-0.3, -0.25) is 0 Å². The molecule has 0 aliphatic rings. The van der Waals surface area contributed by atoms with E-state index in [1.54, 1.807) is 18.2 Å². The molecule has 5 heteroatoms. The van der Waals surface area contributed by atoms with E-state index in [0.29, 0.717) is 32.6 Å². The van der Waals surface area contributed by atoms with Gasteiger partial charge >= 0.3 is 5.63 Å². The molecular formula is C17H12ClNO3. The summed E-state index contributed by atoms with van der Waals surface area (Å²) in [7, 11) is 0. The van der Waals surface area contributed by atoms with Gasteiger partial charge in [0.1, 0.15) is 12.2 Å². The summed E-state index contributed by atoms with van der Waals surface area (Å²) in [6, 6.07) is 6.77. The minimum Gasteiger partial charge on any atom is -0.422 e. The number of aliphatic hydroxyl groups is 1. The van der Waals surface area contributed by atoms with Crippen molar-refractivity contribution in [2.45, 2.75) is 6.92 Å². The molecule has 0 saturated heterocycles. The number of fused-ring (bicyclic) bond motifs is 3. The van der Waals surface area contributed by atoms with E-state index in [9.17, 15) is 4.79 Å². The number of rotatable bonds is 0. The van der Waals surface area contributed by atoms with E-state index in [-0.39, 0.29) is 6.61 Å². The lowest BCUT2D eigenvalue weighted by atomic mass is 10.0. The highest BCUT2D eigenvalue weighted by Crippen LogP contribution is 2.30. The number of aliphatic hydroxyl groups excluding tert-OH is 1. The molecule has 0 fully saturated rings. The second kappa shape index (κ2) is 5.38. The zero-order chi connectivity index (χ0) is 15.9. The zero-order valence-corrected chi connectivity index (χ0v) is 12.5. The van der Waals surface area contributed by atoms with Crippen LogP contribution in [0.25, 0.3) is 21.7 Å². The van der Waals surface area contributed by atoms with Gasteiger partial charge in [-0.05, 0) is 30.7 Å². The van der Waals surface area contributed by atoms with E-state index < -0.39 is 5.63 Å². The van der Waals surface area contributed by atoms with Crippen LogP contribution in [0.1, 0.15) is 11.1 Å². The van der Waals surface area contributed by atoms with Crippen LogP contribution in [-0.2, 0) is 0 Å². The van der Waals surface area contributed by atoms with Gasteiger partial charge in [0.2, 0.25) is 0 Å². The molecule has 0 aliphatic carbocycles. The Balaban J connectivity index is 2.46. The van der Waals surface area contributed by atoms with Gasteiger partial charge in [0, 0.05) is 28.1 Å². The third kappa shape index (κ3) is 2.31. The zero-order valence-electron chi connectivity index (χ0n) is 11.7. The molecule has 0 atom stereocenters. The van der Waals surface area contributed by atoms with E-state index in [2.05, 4.69) is 11.8 Å². The largest absolute Gasteiger partial charge is 0.422 e. The van der Waals surface area contributed by atoms with E-state index >= 15 is 0 Å². The number of benzene rings is 2. The maximum Gasteiger partial charge on any atom is 0.344 e. The van der Waals surface area contributed by atoms with Crippen LogP contribution in [-0.4, -0.2) is 11.7 Å². The van der Waals surface area contributed by atoms with Crippen LogP contribution in [0.3, 0.4) is 0 Å². The molecule has 1 aromatic heterocycles. The Labute approximate surface area is 131 Å². The highest BCUT2D eigenvalue weighted by molar-refractivity contribution is 6.33. The SMILES string of the molecule is Cc1cc2c(cc1N)oc(=O)c1cc(C#CCO)c(Cl)cc12. The standard InChI is InChI=1S/C17H12ClNO3/c1-9-5-12-11-7-14(18)10(3-2-4-20)6-13(11)17(21)22-16(12)8-15(9)19/h5-8,20H,4,19H2,1H3. The van der Waals surface area contributed by atoms with Crippen molar-refractivity contribution in [1.29, 1.82) is 0 Å². The predicted octanol–water partition coefficient (Wildman–Crippen LogP) is 2.83. The fraction of sp³-hybridized carbons (Fsp3) is 0.118. The lowest BCUT2D eigenvalue weighted by Crippen LogP contribution is -2.01. The molecule has 0 aliphatic heterocycles. The van der Waals surface area contributed by atoms with Gasteiger partial charge in [0.15, 0.2) is 0 Å². The molecule has 1 heterocycles. The van der Waals surface area contributed by atoms with Crippen LogP contribution >= 0.6 is 11.6 Å². The summed E-state index contributed by atoms with van der Waals surface area (Å²) in [5.74, 6) is 5.23. The fourth-order valence-corrected chi connectivity index (χ4v) is 2.56. The summed E-state index contributed by atoms with van der Waals surface area (Å²) < 4.78 is 5.33. The highest BCUT2D eigenvalue weighted by Gasteiger charge is 2.12. The maximum atomic E-state index is 12.2. The molecule has 2 aromatic carbocycles. The molecule has 0 unspecified atom stereocenters. The number of aryl methyl sites for hydroxylation is 1. The van der Waals surface area contributed by atoms with Gasteiger partial charge in [-0.1, -0.05) is 23.4 Å². The lowest BCUT2D eigenvalue weighted by Gasteiger charge is -2.07. The van der Waals surface area contributed by atoms with Gasteiger partial charge in [-0.25, -0.2) is 4.79 Å². The number of hydrogen-bond donors (Lipinski definition) is 2. The van der Waals surface area contributed by atoms with Gasteiger partial charge in [-0.2, -0.15) is 0 Å². The second-order valence-electron chi connectivity index (χ2n) is 4.93. The maximum absolute atomic E-state index is 12.2. The molecule has 3 N–H and O–H groups in total. The van der Waals surface area contributed by atoms with Crippen molar-refractivity contribution in [3.8, 4) is 11.8 Å². The molecule has 110 valence electrons. The molecular weight excluding hydrogens is 302 g/mol. The monoisotopic (exact) mass is 313 g/mol. The Morgan fingerprint density at radius 2 is 2.00 bits per heavy atom. The van der Waals surface area contributed by atoms with Crippen LogP contribution in [0.15, 0.2) is 33.5 Å². The van der Waals surface area contributed by atoms with Crippen molar-refractivity contribution in [3.05, 3.63) is 50.8 Å². The van der Waals surface area contributed by atoms with Crippen molar-refractivity contribution in [2.24, 2.45) is 0 Å². The second-order valence-corrected chi connectivity index (χ2v) is 5.34. The van der Waals surface area contributed by atoms with Crippen LogP contribution < -0.4 is 11.4 Å². The number of nitrogen functional groups attached to an aromatic ring is 1. The minimum absolute atomic E-state index is 0.279. The molecule has 22 heavy (non-hydrogen) atoms. The predicted molar refractivity (Wildman–Crippen MR) is 88.1 cm³/mol. The van der Waals surface area contributed by atoms with Crippen molar-refractivity contribution in [2.75, 3.05) is 12.3 Å². The van der Waals surface area contributed by atoms with E-state index in [1.807, 2.05) is 13.0 Å². The van der Waals surface area contributed by atoms with E-state index in [1.165, 1.54) is 0 Å². The number of hydrogen-bond acceptors (Lipinski definition) is 4. The molecule has 0 radical (unpaired) electrons. The van der Waals surface area contributed by atoms with Gasteiger partial charge < -0.3 is 15.3 Å². The normalized spacial score (nSPS) is 10.7. The fourth-order valence-electron chi connectivity index (χ4n) is 2.35. The first kappa shape index (κ1) is 14.5. The van der Waals surface area contributed by atoms with Gasteiger partial charge in [0.25, 0.3) is 0 Å². The minimum atomic E-state index is -0.477. The summed E-state index contributed by atoms with van der Waals surface area (Å²) >= 11 is 6.22. The van der Waals surface area contributed by atoms with Crippen molar-refractivity contribution < 1.29 is 9.52 Å². The number of halogens is 1. The Kier molecular flexibility index (Phi) is 3.53. The van der Waals surface area contributed by atoms with E-state index in [0.717, 1.165) is 10.9 Å². The van der Waals surface area contributed by atoms with Crippen LogP contribution in [0, 0.1) is 18.8 Å². The first-order valence-electron chi connectivity index (χ1n) is 6.57. The molecule has 0 amide bonds. The first-order chi connectivity index (χ1) is 10.5. The molecule has 3 aromatic rings. The van der Waals surface area contributed by atoms with Gasteiger partial charge in [-0.15, -0.1) is 0 Å². The molecule has 0 saturated carbocycles. The average Bonchev–Trinajstić information content (AvgIpc) is 2.48. The molecule has 0 spiro atoms. The lowest BCUT2D eigenvalue weighted by molar-refractivity contribution is 0.350. The third-order valence-electron chi connectivity index (χ3n) is 3.49. The highest BCUT2D eigenvalue weighted by atomic mass is 35.5. The van der Waals surface area contributed by atoms with Crippen molar-refractivity contribution >= 4 is 39.0 Å². The number of anilines is 1. The average molecular weight is 314 g/mol. The van der Waals surface area contributed by atoms with Gasteiger partial charge in [0.05, 0.1) is 10.4 Å². The quantitative estimate of drug-likeness (QED) is 0.289. The Hall–Kier alpha value is -2.48. The van der Waals surface area contributed by atoms with Crippen molar-refractivity contribution in [3.63, 3.8) is 0 Å². The summed E-state index contributed by atoms with van der Waals surface area (Å²) in [5, 5.41) is 11.0. The molecule has 3 rings (SSSR count). The Morgan fingerprint density at radius 1 is 1.23 bits per heavy atom. The van der Waals surface area contributed by atoms with E-state index in [4.69, 9.17) is 26.9 Å². The smallest absolute Gasteiger partial charge is 0.344 e. The first-order valence-corrected chi connectivity index (χ1v) is 6.95. The van der Waals surface area contributed by atoms with Crippen LogP contribution in [0.5, 0.6) is 0 Å². The van der Waals surface area contributed by atoms with Crippen LogP contribution in [0.4, 0.5) is 5.69 Å². The number of nitrogens with two attached hydrogens (primary N) is 1. The summed E-state index contributed by atoms with van der Waals surface area (Å²) in [6.45, 7) is 1.60.